The molecule has 138 valence electrons. The van der Waals surface area contributed by atoms with Crippen LogP contribution in [0.15, 0.2) is 6.07 Å². The highest BCUT2D eigenvalue weighted by atomic mass is 32.1. The Kier molecular flexibility index (Phi) is 5.24. The van der Waals surface area contributed by atoms with Gasteiger partial charge in [0.1, 0.15) is 6.04 Å². The van der Waals surface area contributed by atoms with Gasteiger partial charge in [-0.15, -0.1) is 11.3 Å². The fourth-order valence-electron chi connectivity index (χ4n) is 3.98. The monoisotopic (exact) mass is 362 g/mol. The summed E-state index contributed by atoms with van der Waals surface area (Å²) in [5, 5.41) is 2.92. The Morgan fingerprint density at radius 1 is 1.28 bits per heavy atom. The van der Waals surface area contributed by atoms with Crippen LogP contribution in [-0.2, 0) is 17.6 Å². The van der Waals surface area contributed by atoms with Crippen molar-refractivity contribution in [2.45, 2.75) is 65.3 Å². The van der Waals surface area contributed by atoms with Crippen LogP contribution in [-0.4, -0.2) is 36.3 Å². The Labute approximate surface area is 155 Å². The molecule has 2 amide bonds. The number of carbonyl (C=O) groups excluding carboxylic acids is 2. The van der Waals surface area contributed by atoms with Crippen LogP contribution in [0.5, 0.6) is 0 Å². The first-order valence-corrected chi connectivity index (χ1v) is 10.3. The van der Waals surface area contributed by atoms with Crippen molar-refractivity contribution in [3.05, 3.63) is 21.4 Å². The molecule has 3 rings (SSSR count). The number of nitrogens with one attached hydrogen (secondary N) is 1. The number of likely N-dealkylation sites (N-methyl/N-ethyl adjacent to an activating group) is 1. The van der Waals surface area contributed by atoms with Gasteiger partial charge in [-0.05, 0) is 61.5 Å². The van der Waals surface area contributed by atoms with Crippen LogP contribution in [0, 0.1) is 11.3 Å². The van der Waals surface area contributed by atoms with E-state index in [2.05, 4.69) is 32.2 Å². The summed E-state index contributed by atoms with van der Waals surface area (Å²) in [7, 11) is 1.77. The van der Waals surface area contributed by atoms with E-state index in [9.17, 15) is 9.59 Å². The lowest BCUT2D eigenvalue weighted by molar-refractivity contribution is -0.124. The third kappa shape index (κ3) is 3.91. The summed E-state index contributed by atoms with van der Waals surface area (Å²) in [6, 6.07) is 1.75. The first kappa shape index (κ1) is 18.4. The lowest BCUT2D eigenvalue weighted by Gasteiger charge is -2.33. The van der Waals surface area contributed by atoms with E-state index in [-0.39, 0.29) is 17.9 Å². The van der Waals surface area contributed by atoms with Crippen molar-refractivity contribution < 1.29 is 9.59 Å². The Hall–Kier alpha value is -1.36. The second-order valence-corrected chi connectivity index (χ2v) is 9.72. The van der Waals surface area contributed by atoms with Gasteiger partial charge in [-0.2, -0.15) is 0 Å². The topological polar surface area (TPSA) is 49.4 Å². The van der Waals surface area contributed by atoms with Crippen LogP contribution in [0.2, 0.25) is 0 Å². The molecule has 2 atom stereocenters. The molecule has 0 bridgehead atoms. The first-order valence-electron chi connectivity index (χ1n) is 9.44. The molecule has 1 aromatic rings. The summed E-state index contributed by atoms with van der Waals surface area (Å²) in [4.78, 5) is 29.0. The van der Waals surface area contributed by atoms with Gasteiger partial charge in [0.15, 0.2) is 0 Å². The van der Waals surface area contributed by atoms with E-state index < -0.39 is 0 Å². The van der Waals surface area contributed by atoms with Crippen LogP contribution in [0.3, 0.4) is 0 Å². The maximum atomic E-state index is 13.0. The molecule has 25 heavy (non-hydrogen) atoms. The van der Waals surface area contributed by atoms with Crippen molar-refractivity contribution in [1.82, 2.24) is 10.2 Å². The summed E-state index contributed by atoms with van der Waals surface area (Å²) < 4.78 is 0. The van der Waals surface area contributed by atoms with E-state index in [1.54, 1.807) is 23.3 Å². The standard InChI is InChI=1S/C20H30N2O2S/c1-20(2,3)14-8-9-16-13(11-14)12-17(25-16)19(24)22(4)15-7-5-6-10-21-18(15)23/h12,14-15H,5-11H2,1-4H3,(H,21,23)/t14-,15+/m0/s1. The quantitative estimate of drug-likeness (QED) is 0.873. The lowest BCUT2D eigenvalue weighted by Crippen LogP contribution is -2.46. The summed E-state index contributed by atoms with van der Waals surface area (Å²) in [5.41, 5.74) is 1.65. The fraction of sp³-hybridized carbons (Fsp3) is 0.700. The van der Waals surface area contributed by atoms with Gasteiger partial charge in [0, 0.05) is 18.5 Å². The van der Waals surface area contributed by atoms with Crippen LogP contribution in [0.4, 0.5) is 0 Å². The summed E-state index contributed by atoms with van der Waals surface area (Å²) in [6.07, 6.45) is 6.07. The van der Waals surface area contributed by atoms with Crippen molar-refractivity contribution in [1.29, 1.82) is 0 Å². The molecule has 1 aromatic heterocycles. The molecule has 0 aromatic carbocycles. The summed E-state index contributed by atoms with van der Waals surface area (Å²) in [5.74, 6) is 0.652. The predicted octanol–water partition coefficient (Wildman–Crippen LogP) is 3.64. The average Bonchev–Trinajstić information content (AvgIpc) is 2.87. The van der Waals surface area contributed by atoms with E-state index in [0.717, 1.165) is 43.5 Å². The number of rotatable bonds is 2. The zero-order valence-corrected chi connectivity index (χ0v) is 16.7. The lowest BCUT2D eigenvalue weighted by atomic mass is 9.72. The maximum Gasteiger partial charge on any atom is 0.264 e. The largest absolute Gasteiger partial charge is 0.354 e. The number of aryl methyl sites for hydroxylation is 1. The van der Waals surface area contributed by atoms with Crippen LogP contribution < -0.4 is 5.32 Å². The van der Waals surface area contributed by atoms with Gasteiger partial charge < -0.3 is 10.2 Å². The molecule has 0 unspecified atom stereocenters. The molecule has 1 N–H and O–H groups in total. The minimum Gasteiger partial charge on any atom is -0.354 e. The number of hydrogen-bond acceptors (Lipinski definition) is 3. The van der Waals surface area contributed by atoms with Gasteiger partial charge in [-0.25, -0.2) is 0 Å². The van der Waals surface area contributed by atoms with E-state index in [0.29, 0.717) is 11.3 Å². The second-order valence-electron chi connectivity index (χ2n) is 8.58. The van der Waals surface area contributed by atoms with E-state index in [1.165, 1.54) is 16.9 Å². The highest BCUT2D eigenvalue weighted by Gasteiger charge is 2.33. The van der Waals surface area contributed by atoms with Crippen molar-refractivity contribution in [2.75, 3.05) is 13.6 Å². The molecule has 0 spiro atoms. The van der Waals surface area contributed by atoms with E-state index in [1.807, 2.05) is 0 Å². The molecule has 4 nitrogen and oxygen atoms in total. The summed E-state index contributed by atoms with van der Waals surface area (Å²) in [6.45, 7) is 7.64. The Bertz CT molecular complexity index is 659. The fourth-order valence-corrected chi connectivity index (χ4v) is 5.17. The van der Waals surface area contributed by atoms with Crippen LogP contribution in [0.25, 0.3) is 0 Å². The van der Waals surface area contributed by atoms with Crippen molar-refractivity contribution in [3.8, 4) is 0 Å². The normalized spacial score (nSPS) is 24.2. The molecule has 0 saturated carbocycles. The first-order chi connectivity index (χ1) is 11.8. The number of amides is 2. The minimum atomic E-state index is -0.337. The smallest absolute Gasteiger partial charge is 0.264 e. The van der Waals surface area contributed by atoms with Gasteiger partial charge >= 0.3 is 0 Å². The Balaban J connectivity index is 1.75. The second kappa shape index (κ2) is 7.10. The van der Waals surface area contributed by atoms with Crippen LogP contribution in [0.1, 0.15) is 66.6 Å². The molecule has 2 heterocycles. The number of nitrogens with zero attached hydrogens (tertiary/aromatic N) is 1. The SMILES string of the molecule is CN(C(=O)c1cc2c(s1)CC[C@H](C(C)(C)C)C2)[C@@H]1CCCCNC1=O. The molecule has 1 aliphatic heterocycles. The number of carbonyl (C=O) groups is 2. The minimum absolute atomic E-state index is 0.00578. The Morgan fingerprint density at radius 2 is 2.04 bits per heavy atom. The van der Waals surface area contributed by atoms with Gasteiger partial charge in [0.05, 0.1) is 4.88 Å². The van der Waals surface area contributed by atoms with Gasteiger partial charge in [-0.1, -0.05) is 20.8 Å². The average molecular weight is 363 g/mol. The van der Waals surface area contributed by atoms with E-state index >= 15 is 0 Å². The third-order valence-electron chi connectivity index (χ3n) is 5.81. The number of fused-ring (bicyclic) bond motifs is 1. The molecule has 1 saturated heterocycles. The zero-order valence-electron chi connectivity index (χ0n) is 15.9. The van der Waals surface area contributed by atoms with Gasteiger partial charge in [0.25, 0.3) is 5.91 Å². The molecular formula is C20H30N2O2S. The highest BCUT2D eigenvalue weighted by molar-refractivity contribution is 7.14. The molecule has 1 fully saturated rings. The molecule has 0 radical (unpaired) electrons. The summed E-state index contributed by atoms with van der Waals surface area (Å²) >= 11 is 1.63. The molecule has 2 aliphatic rings. The molecule has 5 heteroatoms. The zero-order chi connectivity index (χ0) is 18.2. The van der Waals surface area contributed by atoms with Gasteiger partial charge in [0.2, 0.25) is 5.91 Å². The Morgan fingerprint density at radius 3 is 2.76 bits per heavy atom. The number of hydrogen-bond donors (Lipinski definition) is 1. The molecular weight excluding hydrogens is 332 g/mol. The van der Waals surface area contributed by atoms with Gasteiger partial charge in [-0.3, -0.25) is 9.59 Å². The van der Waals surface area contributed by atoms with Crippen molar-refractivity contribution >= 4 is 23.2 Å². The maximum absolute atomic E-state index is 13.0. The molecule has 1 aliphatic carbocycles. The third-order valence-corrected chi connectivity index (χ3v) is 7.04. The van der Waals surface area contributed by atoms with Crippen molar-refractivity contribution in [2.24, 2.45) is 11.3 Å². The highest BCUT2D eigenvalue weighted by Crippen LogP contribution is 2.40. The predicted molar refractivity (Wildman–Crippen MR) is 102 cm³/mol. The number of thiophene rings is 1. The van der Waals surface area contributed by atoms with Crippen LogP contribution >= 0.6 is 11.3 Å². The van der Waals surface area contributed by atoms with E-state index in [4.69, 9.17) is 0 Å². The van der Waals surface area contributed by atoms with Crippen molar-refractivity contribution in [3.63, 3.8) is 0 Å².